The Kier molecular flexibility index (Phi) is 10.8. The molecule has 0 spiro atoms. The number of nitrogens with one attached hydrogen (secondary N) is 2. The molecule has 5 rings (SSSR count). The van der Waals surface area contributed by atoms with Gasteiger partial charge in [-0.2, -0.15) is 0 Å². The fourth-order valence-corrected chi connectivity index (χ4v) is 5.30. The summed E-state index contributed by atoms with van der Waals surface area (Å²) in [6.07, 6.45) is 0. The fraction of sp³-hybridized carbons (Fsp3) is 0.182. The number of amides is 1. The Labute approximate surface area is 282 Å². The summed E-state index contributed by atoms with van der Waals surface area (Å²) in [6.45, 7) is 1.45. The lowest BCUT2D eigenvalue weighted by atomic mass is 9.89. The van der Waals surface area contributed by atoms with Crippen LogP contribution in [-0.2, 0) is 9.47 Å². The maximum absolute atomic E-state index is 13.1. The Hall–Kier alpha value is -5.21. The molecule has 1 amide bonds. The van der Waals surface area contributed by atoms with Crippen molar-refractivity contribution < 1.29 is 38.6 Å². The van der Waals surface area contributed by atoms with Gasteiger partial charge in [-0.3, -0.25) is 19.7 Å². The van der Waals surface area contributed by atoms with Crippen LogP contribution in [0.1, 0.15) is 20.7 Å². The highest BCUT2D eigenvalue weighted by Gasteiger charge is 2.25. The van der Waals surface area contributed by atoms with Gasteiger partial charge in [-0.15, -0.1) is 0 Å². The SMILES string of the molecule is O=C(NCCOCCOCCNc1ccccc1[N+](=O)[O-])c1ccc(C(=O)O)c(-c2c3cc(Cl)c(=O)cc-3oc3cc(O)c(Cl)cc23)c1. The van der Waals surface area contributed by atoms with Crippen molar-refractivity contribution in [3.05, 3.63) is 108 Å². The number of carboxylic acids is 1. The summed E-state index contributed by atoms with van der Waals surface area (Å²) in [4.78, 5) is 48.4. The number of halogens is 2. The molecule has 1 aliphatic carbocycles. The molecular weight excluding hydrogens is 669 g/mol. The number of nitrogens with zero attached hydrogens (tertiary/aromatic N) is 1. The second kappa shape index (κ2) is 15.1. The van der Waals surface area contributed by atoms with Crippen molar-refractivity contribution in [2.45, 2.75) is 0 Å². The first-order valence-electron chi connectivity index (χ1n) is 14.4. The monoisotopic (exact) mass is 695 g/mol. The average molecular weight is 696 g/mol. The van der Waals surface area contributed by atoms with Crippen molar-refractivity contribution in [1.29, 1.82) is 0 Å². The molecule has 0 saturated heterocycles. The normalized spacial score (nSPS) is 11.1. The molecule has 13 nitrogen and oxygen atoms in total. The van der Waals surface area contributed by atoms with Gasteiger partial charge in [0.15, 0.2) is 0 Å². The molecule has 15 heteroatoms. The number of rotatable bonds is 14. The number of carboxylic acid groups (broad SMARTS) is 1. The number of hydrogen-bond acceptors (Lipinski definition) is 10. The molecule has 2 aliphatic rings. The number of phenols is 1. The summed E-state index contributed by atoms with van der Waals surface area (Å²) in [7, 11) is 0. The van der Waals surface area contributed by atoms with E-state index in [1.165, 1.54) is 42.5 Å². The highest BCUT2D eigenvalue weighted by atomic mass is 35.5. The minimum absolute atomic E-state index is 0.0233. The third-order valence-corrected chi connectivity index (χ3v) is 7.79. The molecule has 0 radical (unpaired) electrons. The first-order valence-corrected chi connectivity index (χ1v) is 15.2. The van der Waals surface area contributed by atoms with Gasteiger partial charge >= 0.3 is 5.97 Å². The zero-order valence-electron chi connectivity index (χ0n) is 25.0. The Morgan fingerprint density at radius 1 is 0.896 bits per heavy atom. The summed E-state index contributed by atoms with van der Waals surface area (Å²) >= 11 is 12.4. The van der Waals surface area contributed by atoms with E-state index < -0.39 is 22.2 Å². The van der Waals surface area contributed by atoms with Crippen LogP contribution in [0.15, 0.2) is 75.9 Å². The standard InChI is InChI=1S/C33H27Cl2N3O10/c34-23-14-21-29(16-27(23)39)48-30-17-28(40)24(35)15-22(30)31(21)20-13-18(5-6-19(20)33(42)43)32(41)37-8-10-47-12-11-46-9-7-36-25-3-1-2-4-26(25)38(44)45/h1-6,13-17,36,39H,7-12H2,(H,37,41)(H,42,43). The van der Waals surface area contributed by atoms with Gasteiger partial charge in [-0.1, -0.05) is 35.3 Å². The van der Waals surface area contributed by atoms with E-state index in [1.807, 2.05) is 0 Å². The van der Waals surface area contributed by atoms with Gasteiger partial charge in [0.25, 0.3) is 11.6 Å². The van der Waals surface area contributed by atoms with Crippen LogP contribution in [0.2, 0.25) is 10.0 Å². The number of hydrogen-bond donors (Lipinski definition) is 4. The van der Waals surface area contributed by atoms with Crippen LogP contribution in [0.25, 0.3) is 33.4 Å². The molecular formula is C33H27Cl2N3O10. The van der Waals surface area contributed by atoms with Crippen LogP contribution in [0, 0.1) is 10.1 Å². The zero-order chi connectivity index (χ0) is 34.4. The number of ether oxygens (including phenoxy) is 2. The first-order chi connectivity index (χ1) is 23.0. The van der Waals surface area contributed by atoms with E-state index in [1.54, 1.807) is 18.2 Å². The van der Waals surface area contributed by atoms with Gasteiger partial charge < -0.3 is 34.7 Å². The molecule has 0 saturated carbocycles. The zero-order valence-corrected chi connectivity index (χ0v) is 26.5. The van der Waals surface area contributed by atoms with Gasteiger partial charge in [-0.05, 0) is 42.0 Å². The lowest BCUT2D eigenvalue weighted by Gasteiger charge is -2.18. The number of para-hydroxylation sites is 2. The summed E-state index contributed by atoms with van der Waals surface area (Å²) in [5, 5.41) is 37.2. The van der Waals surface area contributed by atoms with Crippen molar-refractivity contribution in [1.82, 2.24) is 5.32 Å². The second-order valence-corrected chi connectivity index (χ2v) is 11.1. The number of carbonyl (C=O) groups excluding carboxylic acids is 1. The topological polar surface area (TPSA) is 190 Å². The Bertz CT molecular complexity index is 2050. The molecule has 0 aromatic heterocycles. The van der Waals surface area contributed by atoms with Gasteiger partial charge in [0.1, 0.15) is 22.8 Å². The Morgan fingerprint density at radius 3 is 2.35 bits per heavy atom. The summed E-state index contributed by atoms with van der Waals surface area (Å²) < 4.78 is 16.8. The Balaban J connectivity index is 1.23. The third-order valence-electron chi connectivity index (χ3n) is 7.19. The number of carbonyl (C=O) groups is 2. The van der Waals surface area contributed by atoms with Crippen LogP contribution in [0.4, 0.5) is 11.4 Å². The molecule has 0 bridgehead atoms. The van der Waals surface area contributed by atoms with Crippen LogP contribution >= 0.6 is 23.2 Å². The van der Waals surface area contributed by atoms with E-state index in [4.69, 9.17) is 37.1 Å². The predicted octanol–water partition coefficient (Wildman–Crippen LogP) is 6.06. The molecule has 48 heavy (non-hydrogen) atoms. The maximum Gasteiger partial charge on any atom is 0.336 e. The number of nitro benzene ring substituents is 1. The lowest BCUT2D eigenvalue weighted by Crippen LogP contribution is -2.27. The first kappa shape index (κ1) is 34.1. The van der Waals surface area contributed by atoms with Crippen LogP contribution in [0.3, 0.4) is 0 Å². The van der Waals surface area contributed by atoms with Gasteiger partial charge in [0.05, 0.1) is 47.0 Å². The number of nitro groups is 1. The molecule has 1 aliphatic heterocycles. The number of fused-ring (bicyclic) bond motifs is 2. The minimum Gasteiger partial charge on any atom is -0.506 e. The predicted molar refractivity (Wildman–Crippen MR) is 179 cm³/mol. The molecule has 0 unspecified atom stereocenters. The molecule has 0 fully saturated rings. The van der Waals surface area contributed by atoms with E-state index in [0.717, 1.165) is 6.07 Å². The minimum atomic E-state index is -1.27. The number of phenolic OH excluding ortho intramolecular Hbond substituents is 1. The number of aromatic carboxylic acids is 1. The van der Waals surface area contributed by atoms with Crippen LogP contribution in [0.5, 0.6) is 5.75 Å². The van der Waals surface area contributed by atoms with Crippen molar-refractivity contribution in [3.63, 3.8) is 0 Å². The van der Waals surface area contributed by atoms with Crippen molar-refractivity contribution in [2.24, 2.45) is 0 Å². The van der Waals surface area contributed by atoms with Gasteiger partial charge in [0, 0.05) is 53.4 Å². The van der Waals surface area contributed by atoms with Crippen molar-refractivity contribution in [2.75, 3.05) is 44.8 Å². The summed E-state index contributed by atoms with van der Waals surface area (Å²) in [6, 6.07) is 15.5. The van der Waals surface area contributed by atoms with E-state index in [0.29, 0.717) is 29.8 Å². The van der Waals surface area contributed by atoms with E-state index in [-0.39, 0.29) is 81.4 Å². The number of aromatic hydroxyl groups is 1. The Morgan fingerprint density at radius 2 is 1.62 bits per heavy atom. The largest absolute Gasteiger partial charge is 0.506 e. The molecule has 1 heterocycles. The highest BCUT2D eigenvalue weighted by molar-refractivity contribution is 6.33. The molecule has 3 aromatic rings. The smallest absolute Gasteiger partial charge is 0.336 e. The molecule has 0 atom stereocenters. The van der Waals surface area contributed by atoms with E-state index in [2.05, 4.69) is 10.6 Å². The van der Waals surface area contributed by atoms with Gasteiger partial charge in [-0.25, -0.2) is 4.79 Å². The summed E-state index contributed by atoms with van der Waals surface area (Å²) in [5.41, 5.74) is 0.664. The lowest BCUT2D eigenvalue weighted by molar-refractivity contribution is -0.384. The van der Waals surface area contributed by atoms with E-state index in [9.17, 15) is 34.7 Å². The number of anilines is 1. The second-order valence-electron chi connectivity index (χ2n) is 10.3. The highest BCUT2D eigenvalue weighted by Crippen LogP contribution is 2.44. The average Bonchev–Trinajstić information content (AvgIpc) is 3.05. The van der Waals surface area contributed by atoms with Gasteiger partial charge in [0.2, 0.25) is 5.43 Å². The molecule has 3 aromatic carbocycles. The fourth-order valence-electron chi connectivity index (χ4n) is 4.97. The quantitative estimate of drug-likeness (QED) is 0.0457. The molecule has 4 N–H and O–H groups in total. The van der Waals surface area contributed by atoms with Crippen LogP contribution < -0.4 is 16.1 Å². The van der Waals surface area contributed by atoms with Crippen molar-refractivity contribution in [3.8, 4) is 28.2 Å². The maximum atomic E-state index is 13.1. The van der Waals surface area contributed by atoms with Crippen LogP contribution in [-0.4, -0.2) is 66.5 Å². The molecule has 248 valence electrons. The van der Waals surface area contributed by atoms with E-state index >= 15 is 0 Å². The number of benzene rings is 4. The van der Waals surface area contributed by atoms with Crippen molar-refractivity contribution >= 4 is 57.4 Å². The summed E-state index contributed by atoms with van der Waals surface area (Å²) in [5.74, 6) is -1.98. The third kappa shape index (κ3) is 7.66.